The highest BCUT2D eigenvalue weighted by Crippen LogP contribution is 2.35. The Morgan fingerprint density at radius 3 is 2.57 bits per heavy atom. The van der Waals surface area contributed by atoms with Crippen LogP contribution in [0.3, 0.4) is 0 Å². The molecule has 1 aliphatic rings. The largest absolute Gasteiger partial charge is 0.497 e. The Bertz CT molecular complexity index is 1060. The highest BCUT2D eigenvalue weighted by molar-refractivity contribution is 8.18. The van der Waals surface area contributed by atoms with Crippen LogP contribution in [0.4, 0.5) is 19.3 Å². The highest BCUT2D eigenvalue weighted by Gasteiger charge is 2.36. The molecule has 0 atom stereocenters. The second kappa shape index (κ2) is 8.95. The summed E-state index contributed by atoms with van der Waals surface area (Å²) in [5.74, 6) is -2.25. The van der Waals surface area contributed by atoms with E-state index in [1.54, 1.807) is 18.2 Å². The number of ether oxygens (including phenoxy) is 2. The van der Waals surface area contributed by atoms with E-state index in [1.807, 2.05) is 0 Å². The van der Waals surface area contributed by atoms with E-state index >= 15 is 0 Å². The number of carbonyl (C=O) groups is 3. The minimum absolute atomic E-state index is 0.0901. The number of imide groups is 1. The van der Waals surface area contributed by atoms with Gasteiger partial charge in [0.05, 0.1) is 24.8 Å². The maximum Gasteiger partial charge on any atom is 0.294 e. The number of hydrogen-bond acceptors (Lipinski definition) is 6. The Balaban J connectivity index is 1.76. The fourth-order valence-electron chi connectivity index (χ4n) is 2.65. The van der Waals surface area contributed by atoms with Crippen molar-refractivity contribution < 1.29 is 32.6 Å². The predicted molar refractivity (Wildman–Crippen MR) is 107 cm³/mol. The van der Waals surface area contributed by atoms with Gasteiger partial charge < -0.3 is 14.8 Å². The van der Waals surface area contributed by atoms with Gasteiger partial charge in [-0.3, -0.25) is 19.3 Å². The third-order valence-electron chi connectivity index (χ3n) is 4.10. The van der Waals surface area contributed by atoms with Crippen molar-refractivity contribution in [3.63, 3.8) is 0 Å². The zero-order chi connectivity index (χ0) is 21.8. The van der Waals surface area contributed by atoms with Crippen LogP contribution in [-0.2, 0) is 9.59 Å². The quantitative estimate of drug-likeness (QED) is 0.699. The van der Waals surface area contributed by atoms with Crippen molar-refractivity contribution in [1.29, 1.82) is 0 Å². The summed E-state index contributed by atoms with van der Waals surface area (Å²) >= 11 is 0.661. The highest BCUT2D eigenvalue weighted by atomic mass is 32.2. The summed E-state index contributed by atoms with van der Waals surface area (Å²) in [6.45, 7) is -0.617. The van der Waals surface area contributed by atoms with Crippen LogP contribution in [0.15, 0.2) is 41.3 Å². The monoisotopic (exact) mass is 434 g/mol. The van der Waals surface area contributed by atoms with Crippen molar-refractivity contribution in [2.75, 3.05) is 26.1 Å². The summed E-state index contributed by atoms with van der Waals surface area (Å²) in [5.41, 5.74) is 0.255. The third kappa shape index (κ3) is 4.60. The van der Waals surface area contributed by atoms with E-state index < -0.39 is 35.2 Å². The molecule has 0 radical (unpaired) electrons. The summed E-state index contributed by atoms with van der Waals surface area (Å²) in [7, 11) is 2.95. The molecule has 2 aromatic rings. The van der Waals surface area contributed by atoms with Gasteiger partial charge in [-0.05, 0) is 48.2 Å². The van der Waals surface area contributed by atoms with Gasteiger partial charge in [0, 0.05) is 11.6 Å². The first-order chi connectivity index (χ1) is 14.3. The Morgan fingerprint density at radius 2 is 1.90 bits per heavy atom. The van der Waals surface area contributed by atoms with Gasteiger partial charge in [0.25, 0.3) is 11.1 Å². The average Bonchev–Trinajstić information content (AvgIpc) is 2.97. The van der Waals surface area contributed by atoms with Gasteiger partial charge in [-0.1, -0.05) is 0 Å². The number of amides is 3. The fourth-order valence-corrected chi connectivity index (χ4v) is 3.48. The molecule has 0 aliphatic carbocycles. The third-order valence-corrected chi connectivity index (χ3v) is 5.01. The summed E-state index contributed by atoms with van der Waals surface area (Å²) < 4.78 is 37.0. The molecule has 0 spiro atoms. The van der Waals surface area contributed by atoms with Gasteiger partial charge in [0.2, 0.25) is 5.91 Å². The molecule has 156 valence electrons. The minimum Gasteiger partial charge on any atom is -0.497 e. The lowest BCUT2D eigenvalue weighted by Crippen LogP contribution is -2.36. The normalized spacial score (nSPS) is 14.9. The number of nitrogens with one attached hydrogen (secondary N) is 1. The zero-order valence-electron chi connectivity index (χ0n) is 15.9. The molecule has 0 unspecified atom stereocenters. The first-order valence-corrected chi connectivity index (χ1v) is 9.36. The molecule has 30 heavy (non-hydrogen) atoms. The van der Waals surface area contributed by atoms with Crippen molar-refractivity contribution in [2.45, 2.75) is 0 Å². The lowest BCUT2D eigenvalue weighted by Gasteiger charge is -2.13. The predicted octanol–water partition coefficient (Wildman–Crippen LogP) is 3.66. The van der Waals surface area contributed by atoms with Crippen molar-refractivity contribution >= 4 is 40.6 Å². The van der Waals surface area contributed by atoms with Crippen LogP contribution in [0.2, 0.25) is 0 Å². The van der Waals surface area contributed by atoms with Crippen molar-refractivity contribution in [3.8, 4) is 11.5 Å². The maximum absolute atomic E-state index is 13.7. The van der Waals surface area contributed by atoms with Crippen LogP contribution in [0.25, 0.3) is 6.08 Å². The average molecular weight is 434 g/mol. The van der Waals surface area contributed by atoms with Crippen LogP contribution < -0.4 is 14.8 Å². The van der Waals surface area contributed by atoms with Gasteiger partial charge in [0.1, 0.15) is 29.7 Å². The molecule has 1 N–H and O–H groups in total. The molecule has 0 saturated carbocycles. The molecular formula is C20H16F2N2O5S. The van der Waals surface area contributed by atoms with Gasteiger partial charge in [-0.2, -0.15) is 0 Å². The van der Waals surface area contributed by atoms with E-state index in [2.05, 4.69) is 5.32 Å². The topological polar surface area (TPSA) is 84.9 Å². The number of anilines is 1. The van der Waals surface area contributed by atoms with E-state index in [0.29, 0.717) is 34.9 Å². The van der Waals surface area contributed by atoms with Crippen LogP contribution in [0.5, 0.6) is 11.5 Å². The molecule has 3 amide bonds. The summed E-state index contributed by atoms with van der Waals surface area (Å²) in [4.78, 5) is 37.8. The zero-order valence-corrected chi connectivity index (χ0v) is 16.7. The van der Waals surface area contributed by atoms with Crippen LogP contribution in [0, 0.1) is 11.6 Å². The first kappa shape index (κ1) is 21.3. The summed E-state index contributed by atoms with van der Waals surface area (Å²) in [6.07, 6.45) is 1.46. The van der Waals surface area contributed by atoms with Crippen molar-refractivity contribution in [1.82, 2.24) is 4.90 Å². The SMILES string of the molecule is COc1ccc(OC)c(/C=C2/SC(=O)N(CC(=O)Nc3ccc(F)cc3F)C2=O)c1. The van der Waals surface area contributed by atoms with Crippen LogP contribution in [-0.4, -0.2) is 42.7 Å². The molecule has 1 fully saturated rings. The smallest absolute Gasteiger partial charge is 0.294 e. The van der Waals surface area contributed by atoms with Crippen LogP contribution in [0.1, 0.15) is 5.56 Å². The summed E-state index contributed by atoms with van der Waals surface area (Å²) in [6, 6.07) is 7.60. The van der Waals surface area contributed by atoms with E-state index in [0.717, 1.165) is 17.0 Å². The Labute approximate surface area is 174 Å². The molecule has 1 heterocycles. The number of carbonyl (C=O) groups excluding carboxylic acids is 3. The van der Waals surface area contributed by atoms with Gasteiger partial charge >= 0.3 is 0 Å². The Hall–Kier alpha value is -3.40. The molecule has 3 rings (SSSR count). The molecule has 7 nitrogen and oxygen atoms in total. The lowest BCUT2D eigenvalue weighted by atomic mass is 10.1. The van der Waals surface area contributed by atoms with Gasteiger partial charge in [-0.25, -0.2) is 8.78 Å². The molecular weight excluding hydrogens is 418 g/mol. The number of rotatable bonds is 6. The first-order valence-electron chi connectivity index (χ1n) is 8.54. The second-order valence-electron chi connectivity index (χ2n) is 6.05. The van der Waals surface area contributed by atoms with E-state index in [1.165, 1.54) is 20.3 Å². The Kier molecular flexibility index (Phi) is 6.36. The summed E-state index contributed by atoms with van der Waals surface area (Å²) in [5, 5.41) is 1.56. The number of nitrogens with zero attached hydrogens (tertiary/aromatic N) is 1. The van der Waals surface area contributed by atoms with Crippen LogP contribution >= 0.6 is 11.8 Å². The molecule has 10 heteroatoms. The molecule has 0 aromatic heterocycles. The van der Waals surface area contributed by atoms with E-state index in [4.69, 9.17) is 9.47 Å². The van der Waals surface area contributed by atoms with Crippen molar-refractivity contribution in [3.05, 3.63) is 58.5 Å². The molecule has 1 aliphatic heterocycles. The minimum atomic E-state index is -0.970. The molecule has 2 aromatic carbocycles. The number of benzene rings is 2. The van der Waals surface area contributed by atoms with E-state index in [-0.39, 0.29) is 10.6 Å². The number of thioether (sulfide) groups is 1. The Morgan fingerprint density at radius 1 is 1.13 bits per heavy atom. The lowest BCUT2D eigenvalue weighted by molar-refractivity contribution is -0.127. The maximum atomic E-state index is 13.7. The van der Waals surface area contributed by atoms with Gasteiger partial charge in [-0.15, -0.1) is 0 Å². The molecule has 0 bridgehead atoms. The van der Waals surface area contributed by atoms with E-state index in [9.17, 15) is 23.2 Å². The van der Waals surface area contributed by atoms with Gasteiger partial charge in [0.15, 0.2) is 0 Å². The fraction of sp³-hybridized carbons (Fsp3) is 0.150. The standard InChI is InChI=1S/C20H16F2N2O5S/c1-28-13-4-6-16(29-2)11(7-13)8-17-19(26)24(20(27)30-17)10-18(25)23-15-5-3-12(21)9-14(15)22/h3-9H,10H2,1-2H3,(H,23,25)/b17-8+. The number of hydrogen-bond donors (Lipinski definition) is 1. The number of methoxy groups -OCH3 is 2. The molecule has 1 saturated heterocycles. The number of halogens is 2. The second-order valence-corrected chi connectivity index (χ2v) is 7.04. The van der Waals surface area contributed by atoms with Crippen molar-refractivity contribution in [2.24, 2.45) is 0 Å².